The van der Waals surface area contributed by atoms with Crippen molar-refractivity contribution in [2.45, 2.75) is 6.54 Å². The van der Waals surface area contributed by atoms with Crippen molar-refractivity contribution < 1.29 is 0 Å². The van der Waals surface area contributed by atoms with Crippen molar-refractivity contribution in [1.29, 1.82) is 0 Å². The molecule has 0 saturated heterocycles. The van der Waals surface area contributed by atoms with Crippen LogP contribution in [0.2, 0.25) is 0 Å². The predicted octanol–water partition coefficient (Wildman–Crippen LogP) is -1.01. The Hall–Kier alpha value is -0.795. The van der Waals surface area contributed by atoms with E-state index >= 15 is 0 Å². The fourth-order valence-corrected chi connectivity index (χ4v) is 1.04. The molecule has 1 aromatic carbocycles. The molecule has 0 amide bonds. The molecule has 0 fully saturated rings. The van der Waals surface area contributed by atoms with Crippen LogP contribution in [0.4, 0.5) is 0 Å². The highest BCUT2D eigenvalue weighted by atomic mass is 14.9. The van der Waals surface area contributed by atoms with Crippen molar-refractivity contribution in [1.82, 2.24) is 5.32 Å². The van der Waals surface area contributed by atoms with E-state index in [-0.39, 0.29) is 0 Å². The molecule has 1 rings (SSSR count). The van der Waals surface area contributed by atoms with Crippen molar-refractivity contribution in [3.63, 3.8) is 0 Å². The summed E-state index contributed by atoms with van der Waals surface area (Å²) in [6.07, 6.45) is 0. The standard InChI is InChI=1S/C9H15BN2/c10-9-3-1-8(2-4-9)7-12-6-5-11/h1-4,12H,5-7,10-11H2. The SMILES string of the molecule is Bc1ccc(CNCCN)cc1. The van der Waals surface area contributed by atoms with Crippen LogP contribution >= 0.6 is 0 Å². The molecule has 0 aliphatic carbocycles. The minimum atomic E-state index is 0.700. The van der Waals surface area contributed by atoms with Gasteiger partial charge in [-0.1, -0.05) is 29.7 Å². The van der Waals surface area contributed by atoms with Gasteiger partial charge in [-0.2, -0.15) is 0 Å². The molecule has 12 heavy (non-hydrogen) atoms. The Morgan fingerprint density at radius 2 is 1.92 bits per heavy atom. The van der Waals surface area contributed by atoms with Crippen LogP contribution in [-0.2, 0) is 6.54 Å². The Morgan fingerprint density at radius 3 is 2.50 bits per heavy atom. The van der Waals surface area contributed by atoms with Gasteiger partial charge in [0, 0.05) is 19.6 Å². The Labute approximate surface area is 74.6 Å². The maximum atomic E-state index is 5.35. The van der Waals surface area contributed by atoms with Gasteiger partial charge in [0.2, 0.25) is 0 Å². The van der Waals surface area contributed by atoms with Crippen LogP contribution in [0.3, 0.4) is 0 Å². The molecule has 0 bridgehead atoms. The first kappa shape index (κ1) is 9.29. The van der Waals surface area contributed by atoms with Crippen molar-refractivity contribution in [3.05, 3.63) is 29.8 Å². The monoisotopic (exact) mass is 162 g/mol. The molecular formula is C9H15BN2. The van der Waals surface area contributed by atoms with Crippen molar-refractivity contribution >= 4 is 13.3 Å². The normalized spacial score (nSPS) is 10.1. The van der Waals surface area contributed by atoms with Gasteiger partial charge in [0.1, 0.15) is 7.85 Å². The largest absolute Gasteiger partial charge is 0.329 e. The lowest BCUT2D eigenvalue weighted by Crippen LogP contribution is -2.22. The number of hydrogen-bond donors (Lipinski definition) is 2. The van der Waals surface area contributed by atoms with Gasteiger partial charge in [0.05, 0.1) is 0 Å². The average molecular weight is 162 g/mol. The molecule has 3 N–H and O–H groups in total. The molecule has 0 radical (unpaired) electrons. The van der Waals surface area contributed by atoms with Crippen LogP contribution in [0.1, 0.15) is 5.56 Å². The zero-order chi connectivity index (χ0) is 8.81. The predicted molar refractivity (Wildman–Crippen MR) is 55.4 cm³/mol. The molecule has 64 valence electrons. The minimum absolute atomic E-state index is 0.700. The third-order valence-electron chi connectivity index (χ3n) is 1.77. The number of nitrogens with one attached hydrogen (secondary N) is 1. The number of hydrogen-bond acceptors (Lipinski definition) is 2. The molecule has 0 aromatic heterocycles. The summed E-state index contributed by atoms with van der Waals surface area (Å²) in [6, 6.07) is 8.52. The molecule has 3 heteroatoms. The summed E-state index contributed by atoms with van der Waals surface area (Å²) in [5.41, 5.74) is 7.97. The van der Waals surface area contributed by atoms with Gasteiger partial charge in [-0.05, 0) is 5.56 Å². The Bertz CT molecular complexity index is 220. The second-order valence-electron chi connectivity index (χ2n) is 2.95. The van der Waals surface area contributed by atoms with E-state index in [1.165, 1.54) is 11.0 Å². The topological polar surface area (TPSA) is 38.0 Å². The van der Waals surface area contributed by atoms with Crippen molar-refractivity contribution in [3.8, 4) is 0 Å². The Balaban J connectivity index is 2.37. The van der Waals surface area contributed by atoms with Crippen LogP contribution in [0.5, 0.6) is 0 Å². The summed E-state index contributed by atoms with van der Waals surface area (Å²) < 4.78 is 0. The van der Waals surface area contributed by atoms with E-state index < -0.39 is 0 Å². The maximum absolute atomic E-state index is 5.35. The van der Waals surface area contributed by atoms with E-state index in [1.54, 1.807) is 0 Å². The van der Waals surface area contributed by atoms with E-state index in [2.05, 4.69) is 37.4 Å². The number of rotatable bonds is 4. The summed E-state index contributed by atoms with van der Waals surface area (Å²) in [4.78, 5) is 0. The number of benzene rings is 1. The van der Waals surface area contributed by atoms with E-state index in [4.69, 9.17) is 5.73 Å². The summed E-state index contributed by atoms with van der Waals surface area (Å²) in [5.74, 6) is 0. The summed E-state index contributed by atoms with van der Waals surface area (Å²) >= 11 is 0. The highest BCUT2D eigenvalue weighted by Gasteiger charge is 1.90. The van der Waals surface area contributed by atoms with Gasteiger partial charge in [-0.15, -0.1) is 0 Å². The van der Waals surface area contributed by atoms with Gasteiger partial charge in [-0.25, -0.2) is 0 Å². The molecule has 0 aliphatic heterocycles. The molecule has 2 nitrogen and oxygen atoms in total. The zero-order valence-electron chi connectivity index (χ0n) is 7.51. The summed E-state index contributed by atoms with van der Waals surface area (Å²) in [6.45, 7) is 2.50. The van der Waals surface area contributed by atoms with Crippen molar-refractivity contribution in [2.24, 2.45) is 5.73 Å². The fraction of sp³-hybridized carbons (Fsp3) is 0.333. The zero-order valence-corrected chi connectivity index (χ0v) is 7.51. The fourth-order valence-electron chi connectivity index (χ4n) is 1.04. The average Bonchev–Trinajstić information content (AvgIpc) is 2.09. The Kier molecular flexibility index (Phi) is 3.84. The van der Waals surface area contributed by atoms with E-state index in [0.29, 0.717) is 6.54 Å². The second kappa shape index (κ2) is 4.96. The van der Waals surface area contributed by atoms with Crippen LogP contribution in [-0.4, -0.2) is 20.9 Å². The van der Waals surface area contributed by atoms with E-state index in [9.17, 15) is 0 Å². The molecule has 0 unspecified atom stereocenters. The van der Waals surface area contributed by atoms with Gasteiger partial charge in [0.25, 0.3) is 0 Å². The lowest BCUT2D eigenvalue weighted by atomic mass is 9.95. The maximum Gasteiger partial charge on any atom is 0.139 e. The first-order chi connectivity index (χ1) is 5.83. The molecule has 0 atom stereocenters. The first-order valence-corrected chi connectivity index (χ1v) is 4.29. The molecule has 0 saturated carbocycles. The number of nitrogens with two attached hydrogens (primary N) is 1. The second-order valence-corrected chi connectivity index (χ2v) is 2.95. The van der Waals surface area contributed by atoms with Crippen LogP contribution in [0.15, 0.2) is 24.3 Å². The molecule has 0 heterocycles. The van der Waals surface area contributed by atoms with Crippen LogP contribution in [0, 0.1) is 0 Å². The van der Waals surface area contributed by atoms with Crippen molar-refractivity contribution in [2.75, 3.05) is 13.1 Å². The molecule has 0 spiro atoms. The van der Waals surface area contributed by atoms with Gasteiger partial charge < -0.3 is 11.1 Å². The minimum Gasteiger partial charge on any atom is -0.329 e. The van der Waals surface area contributed by atoms with Crippen LogP contribution in [0.25, 0.3) is 0 Å². The molecule has 1 aromatic rings. The lowest BCUT2D eigenvalue weighted by Gasteiger charge is -2.02. The third-order valence-corrected chi connectivity index (χ3v) is 1.77. The van der Waals surface area contributed by atoms with Gasteiger partial charge in [-0.3, -0.25) is 0 Å². The lowest BCUT2D eigenvalue weighted by molar-refractivity contribution is 0.695. The highest BCUT2D eigenvalue weighted by molar-refractivity contribution is 6.32. The third kappa shape index (κ3) is 3.07. The first-order valence-electron chi connectivity index (χ1n) is 4.29. The van der Waals surface area contributed by atoms with Gasteiger partial charge in [0.15, 0.2) is 0 Å². The van der Waals surface area contributed by atoms with Gasteiger partial charge >= 0.3 is 0 Å². The quantitative estimate of drug-likeness (QED) is 0.440. The highest BCUT2D eigenvalue weighted by Crippen LogP contribution is 1.94. The van der Waals surface area contributed by atoms with E-state index in [1.807, 2.05) is 0 Å². The molecular weight excluding hydrogens is 147 g/mol. The smallest absolute Gasteiger partial charge is 0.139 e. The summed E-state index contributed by atoms with van der Waals surface area (Å²) in [7, 11) is 2.09. The Morgan fingerprint density at radius 1 is 1.25 bits per heavy atom. The van der Waals surface area contributed by atoms with Crippen LogP contribution < -0.4 is 16.5 Å². The summed E-state index contributed by atoms with van der Waals surface area (Å²) in [5, 5.41) is 3.25. The molecule has 0 aliphatic rings. The van der Waals surface area contributed by atoms with E-state index in [0.717, 1.165) is 13.1 Å².